The highest BCUT2D eigenvalue weighted by Crippen LogP contribution is 2.20. The Kier molecular flexibility index (Phi) is 18.4. The molecule has 0 N–H and O–H groups in total. The van der Waals surface area contributed by atoms with Crippen LogP contribution in [-0.2, 0) is 16.0 Å². The Morgan fingerprint density at radius 3 is 1.71 bits per heavy atom. The molecular formula is C29H50O2. The molecule has 1 aromatic carbocycles. The van der Waals surface area contributed by atoms with Gasteiger partial charge in [-0.25, -0.2) is 0 Å². The summed E-state index contributed by atoms with van der Waals surface area (Å²) in [5, 5.41) is 0. The van der Waals surface area contributed by atoms with E-state index in [0.717, 1.165) is 6.42 Å². The minimum atomic E-state index is -0.0345. The number of benzene rings is 1. The summed E-state index contributed by atoms with van der Waals surface area (Å²) >= 11 is 0. The van der Waals surface area contributed by atoms with Crippen molar-refractivity contribution in [2.75, 3.05) is 6.61 Å². The van der Waals surface area contributed by atoms with E-state index < -0.39 is 0 Å². The third kappa shape index (κ3) is 17.0. The lowest BCUT2D eigenvalue weighted by molar-refractivity contribution is -0.145. The van der Waals surface area contributed by atoms with Crippen molar-refractivity contribution in [1.82, 2.24) is 0 Å². The Balaban J connectivity index is 2.24. The summed E-state index contributed by atoms with van der Waals surface area (Å²) < 4.78 is 5.71. The van der Waals surface area contributed by atoms with Crippen LogP contribution < -0.4 is 0 Å². The van der Waals surface area contributed by atoms with E-state index in [1.54, 1.807) is 0 Å². The predicted octanol–water partition coefficient (Wildman–Crippen LogP) is 9.06. The van der Waals surface area contributed by atoms with E-state index in [1.165, 1.54) is 108 Å². The predicted molar refractivity (Wildman–Crippen MR) is 134 cm³/mol. The number of esters is 1. The number of rotatable bonds is 21. The van der Waals surface area contributed by atoms with Crippen molar-refractivity contribution in [2.24, 2.45) is 5.92 Å². The molecule has 0 aromatic heterocycles. The highest BCUT2D eigenvalue weighted by atomic mass is 16.5. The lowest BCUT2D eigenvalue weighted by atomic mass is 9.94. The van der Waals surface area contributed by atoms with E-state index in [4.69, 9.17) is 4.74 Å². The minimum absolute atomic E-state index is 0.0345. The maximum absolute atomic E-state index is 12.2. The minimum Gasteiger partial charge on any atom is -0.465 e. The molecule has 2 nitrogen and oxygen atoms in total. The average molecular weight is 431 g/mol. The average Bonchev–Trinajstić information content (AvgIpc) is 2.80. The summed E-state index contributed by atoms with van der Waals surface area (Å²) in [6.07, 6.45) is 22.6. The third-order valence-corrected chi connectivity index (χ3v) is 6.37. The van der Waals surface area contributed by atoms with Gasteiger partial charge >= 0.3 is 5.97 Å². The van der Waals surface area contributed by atoms with Crippen LogP contribution in [0.2, 0.25) is 0 Å². The summed E-state index contributed by atoms with van der Waals surface area (Å²) in [5.41, 5.74) is 1.21. The second-order valence-electron chi connectivity index (χ2n) is 9.35. The fraction of sp³-hybridized carbons (Fsp3) is 0.759. The smallest absolute Gasteiger partial charge is 0.306 e. The van der Waals surface area contributed by atoms with Gasteiger partial charge in [0.1, 0.15) is 0 Å². The molecule has 0 aliphatic heterocycles. The summed E-state index contributed by atoms with van der Waals surface area (Å²) in [7, 11) is 0. The SMILES string of the molecule is CCCCCCCCCC[C@H](CCCCCCCC)COC(=O)CCc1ccccc1. The molecule has 0 heterocycles. The van der Waals surface area contributed by atoms with Crippen molar-refractivity contribution < 1.29 is 9.53 Å². The van der Waals surface area contributed by atoms with Crippen molar-refractivity contribution >= 4 is 5.97 Å². The molecule has 0 saturated heterocycles. The van der Waals surface area contributed by atoms with Crippen LogP contribution in [0.25, 0.3) is 0 Å². The monoisotopic (exact) mass is 430 g/mol. The largest absolute Gasteiger partial charge is 0.465 e. The Bertz CT molecular complexity index is 511. The normalized spacial score (nSPS) is 12.1. The molecule has 0 amide bonds. The molecule has 0 saturated carbocycles. The molecule has 31 heavy (non-hydrogen) atoms. The van der Waals surface area contributed by atoms with E-state index in [-0.39, 0.29) is 5.97 Å². The van der Waals surface area contributed by atoms with Crippen LogP contribution in [-0.4, -0.2) is 12.6 Å². The van der Waals surface area contributed by atoms with E-state index >= 15 is 0 Å². The van der Waals surface area contributed by atoms with E-state index in [9.17, 15) is 4.79 Å². The number of ether oxygens (including phenoxy) is 1. The van der Waals surface area contributed by atoms with Crippen molar-refractivity contribution in [3.63, 3.8) is 0 Å². The molecule has 1 aromatic rings. The molecule has 0 fully saturated rings. The third-order valence-electron chi connectivity index (χ3n) is 6.37. The Hall–Kier alpha value is -1.31. The van der Waals surface area contributed by atoms with Crippen molar-refractivity contribution in [3.05, 3.63) is 35.9 Å². The number of carbonyl (C=O) groups is 1. The molecule has 0 aliphatic carbocycles. The maximum atomic E-state index is 12.2. The van der Waals surface area contributed by atoms with Gasteiger partial charge in [0.2, 0.25) is 0 Å². The first-order valence-electron chi connectivity index (χ1n) is 13.5. The first-order chi connectivity index (χ1) is 15.3. The van der Waals surface area contributed by atoms with Gasteiger partial charge in [0.15, 0.2) is 0 Å². The van der Waals surface area contributed by atoms with Gasteiger partial charge in [0.05, 0.1) is 6.61 Å². The van der Waals surface area contributed by atoms with Gasteiger partial charge in [-0.2, -0.15) is 0 Å². The molecule has 0 radical (unpaired) electrons. The maximum Gasteiger partial charge on any atom is 0.306 e. The Morgan fingerprint density at radius 1 is 0.710 bits per heavy atom. The highest BCUT2D eigenvalue weighted by Gasteiger charge is 2.12. The molecular weight excluding hydrogens is 380 g/mol. The van der Waals surface area contributed by atoms with Gasteiger partial charge in [0.25, 0.3) is 0 Å². The molecule has 0 unspecified atom stereocenters. The van der Waals surface area contributed by atoms with Crippen LogP contribution in [0.15, 0.2) is 30.3 Å². The Morgan fingerprint density at radius 2 is 1.19 bits per heavy atom. The van der Waals surface area contributed by atoms with Gasteiger partial charge in [-0.1, -0.05) is 134 Å². The van der Waals surface area contributed by atoms with Gasteiger partial charge in [0, 0.05) is 6.42 Å². The van der Waals surface area contributed by atoms with Crippen LogP contribution in [0.5, 0.6) is 0 Å². The van der Waals surface area contributed by atoms with E-state index in [1.807, 2.05) is 18.2 Å². The molecule has 178 valence electrons. The number of hydrogen-bond acceptors (Lipinski definition) is 2. The molecule has 1 atom stereocenters. The standard InChI is InChI=1S/C29H50O2/c1-3-5-7-9-11-12-14-17-23-28(22-16-13-10-8-6-4-2)26-31-29(30)25-24-27-20-18-15-19-21-27/h15,18-21,28H,3-14,16-17,22-26H2,1-2H3/t28-/m0/s1. The second kappa shape index (κ2) is 20.6. The second-order valence-corrected chi connectivity index (χ2v) is 9.35. The summed E-state index contributed by atoms with van der Waals surface area (Å²) in [6.45, 7) is 5.17. The highest BCUT2D eigenvalue weighted by molar-refractivity contribution is 5.69. The lowest BCUT2D eigenvalue weighted by Gasteiger charge is -2.17. The van der Waals surface area contributed by atoms with Crippen LogP contribution in [0.1, 0.15) is 129 Å². The number of carbonyl (C=O) groups excluding carboxylic acids is 1. The van der Waals surface area contributed by atoms with Gasteiger partial charge in [-0.15, -0.1) is 0 Å². The van der Waals surface area contributed by atoms with Crippen LogP contribution >= 0.6 is 0 Å². The van der Waals surface area contributed by atoms with E-state index in [0.29, 0.717) is 18.9 Å². The summed E-state index contributed by atoms with van der Waals surface area (Å²) in [4.78, 5) is 12.2. The molecule has 0 aliphatic rings. The summed E-state index contributed by atoms with van der Waals surface area (Å²) in [5.74, 6) is 0.514. The zero-order valence-electron chi connectivity index (χ0n) is 20.7. The van der Waals surface area contributed by atoms with Gasteiger partial charge in [-0.05, 0) is 30.7 Å². The lowest BCUT2D eigenvalue weighted by Crippen LogP contribution is -2.15. The van der Waals surface area contributed by atoms with E-state index in [2.05, 4.69) is 26.0 Å². The molecule has 0 spiro atoms. The number of unbranched alkanes of at least 4 members (excludes halogenated alkanes) is 12. The number of aryl methyl sites for hydroxylation is 1. The van der Waals surface area contributed by atoms with Crippen molar-refractivity contribution in [3.8, 4) is 0 Å². The van der Waals surface area contributed by atoms with Crippen LogP contribution in [0.4, 0.5) is 0 Å². The molecule has 0 bridgehead atoms. The fourth-order valence-corrected chi connectivity index (χ4v) is 4.27. The van der Waals surface area contributed by atoms with Crippen molar-refractivity contribution in [2.45, 2.75) is 129 Å². The topological polar surface area (TPSA) is 26.3 Å². The van der Waals surface area contributed by atoms with Gasteiger partial charge in [-0.3, -0.25) is 4.79 Å². The zero-order valence-corrected chi connectivity index (χ0v) is 20.7. The van der Waals surface area contributed by atoms with Crippen LogP contribution in [0.3, 0.4) is 0 Å². The first kappa shape index (κ1) is 27.7. The first-order valence-corrected chi connectivity index (χ1v) is 13.5. The van der Waals surface area contributed by atoms with Crippen LogP contribution in [0, 0.1) is 5.92 Å². The fourth-order valence-electron chi connectivity index (χ4n) is 4.27. The van der Waals surface area contributed by atoms with Crippen molar-refractivity contribution in [1.29, 1.82) is 0 Å². The molecule has 1 rings (SSSR count). The Labute approximate surface area is 193 Å². The molecule has 2 heteroatoms. The quantitative estimate of drug-likeness (QED) is 0.144. The summed E-state index contributed by atoms with van der Waals surface area (Å²) in [6, 6.07) is 10.2. The zero-order chi connectivity index (χ0) is 22.4. The number of hydrogen-bond donors (Lipinski definition) is 0. The van der Waals surface area contributed by atoms with Gasteiger partial charge < -0.3 is 4.74 Å².